The molecule has 152 valence electrons. The maximum Gasteiger partial charge on any atom is 0.266 e. The molecule has 0 heterocycles. The van der Waals surface area contributed by atoms with E-state index in [1.807, 2.05) is 24.3 Å². The van der Waals surface area contributed by atoms with Crippen molar-refractivity contribution in [2.45, 2.75) is 32.6 Å². The zero-order valence-electron chi connectivity index (χ0n) is 16.7. The summed E-state index contributed by atoms with van der Waals surface area (Å²) in [6.45, 7) is 2.77. The maximum absolute atomic E-state index is 12.4. The summed E-state index contributed by atoms with van der Waals surface area (Å²) < 4.78 is 12.0. The third-order valence-electron chi connectivity index (χ3n) is 4.20. The van der Waals surface area contributed by atoms with E-state index in [2.05, 4.69) is 28.2 Å². The van der Waals surface area contributed by atoms with Crippen molar-refractivity contribution >= 4 is 33.6 Å². The van der Waals surface area contributed by atoms with E-state index in [0.717, 1.165) is 12.8 Å². The van der Waals surface area contributed by atoms with Crippen LogP contribution < -0.4 is 14.8 Å². The van der Waals surface area contributed by atoms with Gasteiger partial charge in [-0.15, -0.1) is 0 Å². The summed E-state index contributed by atoms with van der Waals surface area (Å²) in [6.07, 6.45) is 5.99. The number of benzene rings is 2. The summed E-state index contributed by atoms with van der Waals surface area (Å²) in [5, 5.41) is 12.1. The van der Waals surface area contributed by atoms with Gasteiger partial charge in [0.2, 0.25) is 0 Å². The Balaban J connectivity index is 2.16. The quantitative estimate of drug-likeness (QED) is 0.271. The van der Waals surface area contributed by atoms with Gasteiger partial charge in [0.05, 0.1) is 18.2 Å². The van der Waals surface area contributed by atoms with Gasteiger partial charge < -0.3 is 14.8 Å². The monoisotopic (exact) mass is 456 g/mol. The van der Waals surface area contributed by atoms with Gasteiger partial charge >= 0.3 is 0 Å². The Kier molecular flexibility index (Phi) is 9.26. The van der Waals surface area contributed by atoms with Gasteiger partial charge in [0.15, 0.2) is 11.5 Å². The Hall–Kier alpha value is -2.78. The molecule has 0 aliphatic rings. The fourth-order valence-corrected chi connectivity index (χ4v) is 3.28. The number of carbonyl (C=O) groups excluding carboxylic acids is 1. The Morgan fingerprint density at radius 2 is 1.97 bits per heavy atom. The Morgan fingerprint density at radius 3 is 2.62 bits per heavy atom. The average Bonchev–Trinajstić information content (AvgIpc) is 2.73. The third-order valence-corrected chi connectivity index (χ3v) is 4.79. The van der Waals surface area contributed by atoms with Crippen LogP contribution in [0.2, 0.25) is 0 Å². The normalized spacial score (nSPS) is 10.9. The molecule has 0 bridgehead atoms. The molecule has 2 rings (SSSR count). The SMILES string of the molecule is CCCCCCOc1c(Br)cc(C=C(C#N)C(=O)Nc2ccccc2)cc1OC. The average molecular weight is 457 g/mol. The molecule has 0 radical (unpaired) electrons. The van der Waals surface area contributed by atoms with Crippen LogP contribution >= 0.6 is 15.9 Å². The van der Waals surface area contributed by atoms with Gasteiger partial charge in [-0.3, -0.25) is 4.79 Å². The summed E-state index contributed by atoms with van der Waals surface area (Å²) in [5.41, 5.74) is 1.28. The summed E-state index contributed by atoms with van der Waals surface area (Å²) in [6, 6.07) is 14.5. The van der Waals surface area contributed by atoms with Crippen LogP contribution in [-0.4, -0.2) is 19.6 Å². The van der Waals surface area contributed by atoms with Gasteiger partial charge in [-0.1, -0.05) is 44.4 Å². The molecule has 1 N–H and O–H groups in total. The highest BCUT2D eigenvalue weighted by molar-refractivity contribution is 9.10. The van der Waals surface area contributed by atoms with Crippen molar-refractivity contribution in [3.63, 3.8) is 0 Å². The van der Waals surface area contributed by atoms with E-state index in [1.54, 1.807) is 31.4 Å². The number of nitrogens with zero attached hydrogens (tertiary/aromatic N) is 1. The second-order valence-electron chi connectivity index (χ2n) is 6.43. The first-order chi connectivity index (χ1) is 14.1. The predicted molar refractivity (Wildman–Crippen MR) is 119 cm³/mol. The highest BCUT2D eigenvalue weighted by Gasteiger charge is 2.14. The number of para-hydroxylation sites is 1. The molecule has 0 aromatic heterocycles. The number of amides is 1. The number of anilines is 1. The molecule has 0 spiro atoms. The number of ether oxygens (including phenoxy) is 2. The van der Waals surface area contributed by atoms with Crippen LogP contribution in [0.5, 0.6) is 11.5 Å². The highest BCUT2D eigenvalue weighted by atomic mass is 79.9. The zero-order chi connectivity index (χ0) is 21.1. The number of carbonyl (C=O) groups is 1. The van der Waals surface area contributed by atoms with E-state index in [0.29, 0.717) is 33.8 Å². The summed E-state index contributed by atoms with van der Waals surface area (Å²) >= 11 is 3.51. The van der Waals surface area contributed by atoms with Crippen molar-refractivity contribution in [1.29, 1.82) is 5.26 Å². The number of halogens is 1. The van der Waals surface area contributed by atoms with Crippen molar-refractivity contribution in [1.82, 2.24) is 0 Å². The van der Waals surface area contributed by atoms with Crippen LogP contribution in [0.25, 0.3) is 6.08 Å². The molecular weight excluding hydrogens is 432 g/mol. The molecule has 1 amide bonds. The van der Waals surface area contributed by atoms with Gasteiger partial charge in [-0.25, -0.2) is 0 Å². The van der Waals surface area contributed by atoms with Gasteiger partial charge in [0.1, 0.15) is 11.6 Å². The van der Waals surface area contributed by atoms with Crippen LogP contribution in [0.15, 0.2) is 52.5 Å². The number of nitrogens with one attached hydrogen (secondary N) is 1. The molecule has 5 nitrogen and oxygen atoms in total. The molecule has 2 aromatic carbocycles. The minimum absolute atomic E-state index is 0.00367. The van der Waals surface area contributed by atoms with E-state index in [-0.39, 0.29) is 5.57 Å². The fourth-order valence-electron chi connectivity index (χ4n) is 2.70. The van der Waals surface area contributed by atoms with Crippen LogP contribution in [0.1, 0.15) is 38.2 Å². The summed E-state index contributed by atoms with van der Waals surface area (Å²) in [4.78, 5) is 12.4. The molecule has 2 aromatic rings. The van der Waals surface area contributed by atoms with Crippen molar-refractivity contribution in [3.05, 3.63) is 58.1 Å². The highest BCUT2D eigenvalue weighted by Crippen LogP contribution is 2.37. The largest absolute Gasteiger partial charge is 0.493 e. The first-order valence-electron chi connectivity index (χ1n) is 9.57. The lowest BCUT2D eigenvalue weighted by atomic mass is 10.1. The topological polar surface area (TPSA) is 71.3 Å². The predicted octanol–water partition coefficient (Wildman–Crippen LogP) is 5.96. The Bertz CT molecular complexity index is 889. The van der Waals surface area contributed by atoms with Crippen molar-refractivity contribution in [2.75, 3.05) is 19.0 Å². The zero-order valence-corrected chi connectivity index (χ0v) is 18.3. The number of unbranched alkanes of at least 4 members (excludes halogenated alkanes) is 3. The first kappa shape index (κ1) is 22.5. The summed E-state index contributed by atoms with van der Waals surface area (Å²) in [5.74, 6) is 0.695. The second kappa shape index (κ2) is 11.9. The standard InChI is InChI=1S/C23H25BrN2O3/c1-3-4-5-9-12-29-22-20(24)14-17(15-21(22)28-2)13-18(16-25)23(27)26-19-10-7-6-8-11-19/h6-8,10-11,13-15H,3-5,9,12H2,1-2H3,(H,26,27). The molecule has 0 aliphatic carbocycles. The van der Waals surface area contributed by atoms with Crippen LogP contribution in [0.3, 0.4) is 0 Å². The molecular formula is C23H25BrN2O3. The molecule has 0 saturated carbocycles. The number of hydrogen-bond donors (Lipinski definition) is 1. The van der Waals surface area contributed by atoms with E-state index in [4.69, 9.17) is 9.47 Å². The molecule has 0 unspecified atom stereocenters. The Morgan fingerprint density at radius 1 is 1.21 bits per heavy atom. The third kappa shape index (κ3) is 6.95. The number of methoxy groups -OCH3 is 1. The van der Waals surface area contributed by atoms with Crippen molar-refractivity contribution < 1.29 is 14.3 Å². The molecule has 0 fully saturated rings. The van der Waals surface area contributed by atoms with Gasteiger partial charge in [0, 0.05) is 5.69 Å². The van der Waals surface area contributed by atoms with Crippen LogP contribution in [0, 0.1) is 11.3 Å². The second-order valence-corrected chi connectivity index (χ2v) is 7.29. The van der Waals surface area contributed by atoms with Crippen molar-refractivity contribution in [2.24, 2.45) is 0 Å². The lowest BCUT2D eigenvalue weighted by Crippen LogP contribution is -2.13. The first-order valence-corrected chi connectivity index (χ1v) is 10.4. The fraction of sp³-hybridized carbons (Fsp3) is 0.304. The van der Waals surface area contributed by atoms with Crippen LogP contribution in [-0.2, 0) is 4.79 Å². The van der Waals surface area contributed by atoms with E-state index in [9.17, 15) is 10.1 Å². The van der Waals surface area contributed by atoms with E-state index < -0.39 is 5.91 Å². The lowest BCUT2D eigenvalue weighted by molar-refractivity contribution is -0.112. The number of nitriles is 1. The molecule has 0 aliphatic heterocycles. The van der Waals surface area contributed by atoms with Gasteiger partial charge in [-0.05, 0) is 58.3 Å². The van der Waals surface area contributed by atoms with Gasteiger partial charge in [-0.2, -0.15) is 5.26 Å². The van der Waals surface area contributed by atoms with E-state index in [1.165, 1.54) is 18.9 Å². The molecule has 6 heteroatoms. The summed E-state index contributed by atoms with van der Waals surface area (Å²) in [7, 11) is 1.56. The lowest BCUT2D eigenvalue weighted by Gasteiger charge is -2.13. The minimum atomic E-state index is -0.468. The molecule has 29 heavy (non-hydrogen) atoms. The van der Waals surface area contributed by atoms with Crippen molar-refractivity contribution in [3.8, 4) is 17.6 Å². The smallest absolute Gasteiger partial charge is 0.266 e. The maximum atomic E-state index is 12.4. The minimum Gasteiger partial charge on any atom is -0.493 e. The molecule has 0 atom stereocenters. The van der Waals surface area contributed by atoms with Crippen LogP contribution in [0.4, 0.5) is 5.69 Å². The number of rotatable bonds is 10. The molecule has 0 saturated heterocycles. The van der Waals surface area contributed by atoms with Gasteiger partial charge in [0.25, 0.3) is 5.91 Å². The number of hydrogen-bond acceptors (Lipinski definition) is 4. The van der Waals surface area contributed by atoms with E-state index >= 15 is 0 Å². The Labute approximate surface area is 180 Å².